The molecule has 2 heterocycles. The number of halogens is 3. The second-order valence-electron chi connectivity index (χ2n) is 4.53. The number of alkyl halides is 3. The van der Waals surface area contributed by atoms with E-state index >= 15 is 0 Å². The molecule has 2 rings (SSSR count). The number of hydrogen-bond donors (Lipinski definition) is 1. The van der Waals surface area contributed by atoms with Crippen LogP contribution in [0.25, 0.3) is 0 Å². The van der Waals surface area contributed by atoms with Gasteiger partial charge in [-0.2, -0.15) is 13.2 Å². The molecule has 1 aliphatic heterocycles. The fourth-order valence-electron chi connectivity index (χ4n) is 2.12. The second-order valence-corrected chi connectivity index (χ2v) is 5.24. The number of thiazole rings is 1. The third-order valence-corrected chi connectivity index (χ3v) is 3.68. The van der Waals surface area contributed by atoms with E-state index in [0.29, 0.717) is 25.7 Å². The van der Waals surface area contributed by atoms with E-state index in [2.05, 4.69) is 10.3 Å². The minimum Gasteiger partial charge on any atom is -0.308 e. The number of nitrogens with one attached hydrogen (secondary N) is 1. The number of rotatable bonds is 4. The Hall–Kier alpha value is -0.660. The van der Waals surface area contributed by atoms with Crippen molar-refractivity contribution in [1.29, 1.82) is 0 Å². The normalized spacial score (nSPS) is 19.3. The molecule has 18 heavy (non-hydrogen) atoms. The Morgan fingerprint density at radius 3 is 2.67 bits per heavy atom. The minimum absolute atomic E-state index is 0.302. The van der Waals surface area contributed by atoms with E-state index in [1.54, 1.807) is 16.8 Å². The Balaban J connectivity index is 1.67. The number of likely N-dealkylation sites (tertiary alicyclic amines) is 1. The first-order chi connectivity index (χ1) is 8.53. The van der Waals surface area contributed by atoms with Gasteiger partial charge in [-0.1, -0.05) is 0 Å². The van der Waals surface area contributed by atoms with Crippen LogP contribution in [0.15, 0.2) is 10.9 Å². The highest BCUT2D eigenvalue weighted by Gasteiger charge is 2.32. The van der Waals surface area contributed by atoms with Crippen LogP contribution in [0.4, 0.5) is 13.2 Å². The molecule has 0 atom stereocenters. The Kier molecular flexibility index (Phi) is 4.58. The second kappa shape index (κ2) is 5.99. The van der Waals surface area contributed by atoms with Crippen LogP contribution >= 0.6 is 11.3 Å². The van der Waals surface area contributed by atoms with Crippen molar-refractivity contribution in [3.8, 4) is 0 Å². The van der Waals surface area contributed by atoms with Crippen molar-refractivity contribution < 1.29 is 13.2 Å². The molecular formula is C11H16F3N3S. The summed E-state index contributed by atoms with van der Waals surface area (Å²) in [5.74, 6) is 0. The molecule has 1 fully saturated rings. The molecule has 1 saturated heterocycles. The van der Waals surface area contributed by atoms with Gasteiger partial charge in [0.1, 0.15) is 0 Å². The first kappa shape index (κ1) is 13.8. The van der Waals surface area contributed by atoms with Crippen LogP contribution in [0.5, 0.6) is 0 Å². The van der Waals surface area contributed by atoms with Crippen molar-refractivity contribution in [2.45, 2.75) is 31.6 Å². The van der Waals surface area contributed by atoms with Crippen LogP contribution in [-0.4, -0.2) is 41.7 Å². The molecule has 0 aromatic carbocycles. The van der Waals surface area contributed by atoms with Crippen molar-refractivity contribution in [1.82, 2.24) is 15.2 Å². The van der Waals surface area contributed by atoms with Gasteiger partial charge in [-0.15, -0.1) is 11.3 Å². The summed E-state index contributed by atoms with van der Waals surface area (Å²) in [6.07, 6.45) is -2.55. The molecule has 0 amide bonds. The van der Waals surface area contributed by atoms with Gasteiger partial charge < -0.3 is 5.32 Å². The van der Waals surface area contributed by atoms with Crippen molar-refractivity contribution in [2.75, 3.05) is 19.6 Å². The Morgan fingerprint density at radius 1 is 1.39 bits per heavy atom. The van der Waals surface area contributed by atoms with E-state index in [0.717, 1.165) is 18.5 Å². The highest BCUT2D eigenvalue weighted by molar-refractivity contribution is 7.07. The fraction of sp³-hybridized carbons (Fsp3) is 0.727. The molecule has 1 aromatic rings. The van der Waals surface area contributed by atoms with Gasteiger partial charge in [0, 0.05) is 18.0 Å². The number of piperidine rings is 1. The molecule has 102 valence electrons. The molecule has 0 aliphatic carbocycles. The topological polar surface area (TPSA) is 28.2 Å². The lowest BCUT2D eigenvalue weighted by atomic mass is 10.1. The summed E-state index contributed by atoms with van der Waals surface area (Å²) in [5.41, 5.74) is 2.78. The molecular weight excluding hydrogens is 263 g/mol. The van der Waals surface area contributed by atoms with E-state index in [1.807, 2.05) is 5.38 Å². The number of aromatic nitrogens is 1. The Morgan fingerprint density at radius 2 is 2.11 bits per heavy atom. The lowest BCUT2D eigenvalue weighted by Gasteiger charge is -2.32. The van der Waals surface area contributed by atoms with Gasteiger partial charge in [-0.05, 0) is 25.9 Å². The maximum Gasteiger partial charge on any atom is 0.401 e. The average Bonchev–Trinajstić information content (AvgIpc) is 2.79. The van der Waals surface area contributed by atoms with Crippen LogP contribution in [0.2, 0.25) is 0 Å². The van der Waals surface area contributed by atoms with Gasteiger partial charge in [0.2, 0.25) is 0 Å². The predicted molar refractivity (Wildman–Crippen MR) is 64.5 cm³/mol. The third-order valence-electron chi connectivity index (χ3n) is 3.05. The zero-order chi connectivity index (χ0) is 13.0. The smallest absolute Gasteiger partial charge is 0.308 e. The van der Waals surface area contributed by atoms with Gasteiger partial charge in [0.15, 0.2) is 0 Å². The molecule has 1 aliphatic rings. The zero-order valence-electron chi connectivity index (χ0n) is 9.91. The molecule has 1 aromatic heterocycles. The van der Waals surface area contributed by atoms with E-state index in [-0.39, 0.29) is 0 Å². The molecule has 0 bridgehead atoms. The van der Waals surface area contributed by atoms with Gasteiger partial charge in [0.05, 0.1) is 17.7 Å². The number of nitrogens with zero attached hydrogens (tertiary/aromatic N) is 2. The SMILES string of the molecule is FC(F)(F)CN1CCC(NCc2cscn2)CC1. The van der Waals surface area contributed by atoms with Crippen LogP contribution in [-0.2, 0) is 6.54 Å². The van der Waals surface area contributed by atoms with E-state index in [4.69, 9.17) is 0 Å². The summed E-state index contributed by atoms with van der Waals surface area (Å²) < 4.78 is 36.6. The first-order valence-electron chi connectivity index (χ1n) is 5.92. The molecule has 1 N–H and O–H groups in total. The maximum atomic E-state index is 12.2. The molecule has 0 saturated carbocycles. The quantitative estimate of drug-likeness (QED) is 0.916. The number of hydrogen-bond acceptors (Lipinski definition) is 4. The van der Waals surface area contributed by atoms with Crippen molar-refractivity contribution >= 4 is 11.3 Å². The predicted octanol–water partition coefficient (Wildman–Crippen LogP) is 2.26. The molecule has 0 unspecified atom stereocenters. The molecule has 0 spiro atoms. The van der Waals surface area contributed by atoms with Gasteiger partial charge in [-0.3, -0.25) is 4.90 Å². The van der Waals surface area contributed by atoms with E-state index < -0.39 is 12.7 Å². The van der Waals surface area contributed by atoms with Gasteiger partial charge in [-0.25, -0.2) is 4.98 Å². The lowest BCUT2D eigenvalue weighted by molar-refractivity contribution is -0.148. The summed E-state index contributed by atoms with van der Waals surface area (Å²) in [5, 5.41) is 5.32. The highest BCUT2D eigenvalue weighted by atomic mass is 32.1. The van der Waals surface area contributed by atoms with Gasteiger partial charge >= 0.3 is 6.18 Å². The molecule has 0 radical (unpaired) electrons. The van der Waals surface area contributed by atoms with E-state index in [9.17, 15) is 13.2 Å². The highest BCUT2D eigenvalue weighted by Crippen LogP contribution is 2.19. The van der Waals surface area contributed by atoms with Crippen molar-refractivity contribution in [3.05, 3.63) is 16.6 Å². The van der Waals surface area contributed by atoms with Crippen LogP contribution in [0.3, 0.4) is 0 Å². The van der Waals surface area contributed by atoms with Crippen molar-refractivity contribution in [2.24, 2.45) is 0 Å². The fourth-order valence-corrected chi connectivity index (χ4v) is 2.68. The molecule has 3 nitrogen and oxygen atoms in total. The zero-order valence-corrected chi connectivity index (χ0v) is 10.7. The van der Waals surface area contributed by atoms with Crippen LogP contribution in [0.1, 0.15) is 18.5 Å². The minimum atomic E-state index is -4.08. The Bertz CT molecular complexity index is 345. The third kappa shape index (κ3) is 4.55. The van der Waals surface area contributed by atoms with Crippen LogP contribution in [0, 0.1) is 0 Å². The Labute approximate surface area is 108 Å². The standard InChI is InChI=1S/C11H16F3N3S/c12-11(13,14)7-17-3-1-9(2-4-17)15-5-10-6-18-8-16-10/h6,8-9,15H,1-5,7H2. The van der Waals surface area contributed by atoms with Crippen molar-refractivity contribution in [3.63, 3.8) is 0 Å². The van der Waals surface area contributed by atoms with E-state index in [1.165, 1.54) is 4.90 Å². The van der Waals surface area contributed by atoms with Gasteiger partial charge in [0.25, 0.3) is 0 Å². The lowest BCUT2D eigenvalue weighted by Crippen LogP contribution is -2.45. The summed E-state index contributed by atoms with van der Waals surface area (Å²) in [6, 6.07) is 0.302. The summed E-state index contributed by atoms with van der Waals surface area (Å²) >= 11 is 1.55. The monoisotopic (exact) mass is 279 g/mol. The summed E-state index contributed by atoms with van der Waals surface area (Å²) in [6.45, 7) is 0.932. The first-order valence-corrected chi connectivity index (χ1v) is 6.87. The van der Waals surface area contributed by atoms with Crippen LogP contribution < -0.4 is 5.32 Å². The average molecular weight is 279 g/mol. The summed E-state index contributed by atoms with van der Waals surface area (Å²) in [7, 11) is 0. The summed E-state index contributed by atoms with van der Waals surface area (Å²) in [4.78, 5) is 5.63. The largest absolute Gasteiger partial charge is 0.401 e. The molecule has 7 heteroatoms. The maximum absolute atomic E-state index is 12.2.